The molecular weight excluding hydrogens is 228 g/mol. The topological polar surface area (TPSA) is 69.4 Å². The van der Waals surface area contributed by atoms with Crippen LogP contribution in [0.5, 0.6) is 0 Å². The molecule has 0 bridgehead atoms. The van der Waals surface area contributed by atoms with E-state index in [2.05, 4.69) is 15.3 Å². The van der Waals surface area contributed by atoms with Gasteiger partial charge in [-0.2, -0.15) is 9.61 Å². The molecular formula is C9H12N4O2S. The van der Waals surface area contributed by atoms with E-state index in [0.29, 0.717) is 16.6 Å². The van der Waals surface area contributed by atoms with Gasteiger partial charge in [-0.25, -0.2) is 0 Å². The van der Waals surface area contributed by atoms with Gasteiger partial charge in [0, 0.05) is 0 Å². The third-order valence-corrected chi connectivity index (χ3v) is 3.44. The molecule has 0 atom stereocenters. The number of fused-ring (bicyclic) bond motifs is 1. The summed E-state index contributed by atoms with van der Waals surface area (Å²) < 4.78 is 6.57. The van der Waals surface area contributed by atoms with E-state index < -0.39 is 5.41 Å². The molecule has 6 nitrogen and oxygen atoms in total. The van der Waals surface area contributed by atoms with Crippen LogP contribution in [0, 0.1) is 0 Å². The van der Waals surface area contributed by atoms with Crippen LogP contribution >= 0.6 is 11.3 Å². The van der Waals surface area contributed by atoms with E-state index in [1.165, 1.54) is 17.7 Å². The molecule has 0 saturated carbocycles. The Kier molecular flexibility index (Phi) is 2.63. The summed E-state index contributed by atoms with van der Waals surface area (Å²) in [7, 11) is 0. The van der Waals surface area contributed by atoms with Crippen molar-refractivity contribution in [2.24, 2.45) is 0 Å². The van der Waals surface area contributed by atoms with Gasteiger partial charge in [-0.15, -0.1) is 10.2 Å². The molecule has 16 heavy (non-hydrogen) atoms. The van der Waals surface area contributed by atoms with Crippen LogP contribution in [-0.4, -0.2) is 32.4 Å². The Bertz CT molecular complexity index is 488. The molecule has 0 aromatic carbocycles. The molecule has 0 radical (unpaired) electrons. The summed E-state index contributed by atoms with van der Waals surface area (Å²) in [4.78, 5) is 12.4. The van der Waals surface area contributed by atoms with E-state index >= 15 is 0 Å². The maximum atomic E-state index is 11.8. The number of carbonyl (C=O) groups is 1. The minimum atomic E-state index is -0.749. The molecule has 0 aliphatic carbocycles. The lowest BCUT2D eigenvalue weighted by Gasteiger charge is -2.18. The van der Waals surface area contributed by atoms with Gasteiger partial charge in [0.1, 0.15) is 16.7 Å². The minimum Gasteiger partial charge on any atom is -0.465 e. The first-order chi connectivity index (χ1) is 7.55. The Morgan fingerprint density at radius 1 is 1.62 bits per heavy atom. The Labute approximate surface area is 96.3 Å². The number of nitrogens with zero attached hydrogens (tertiary/aromatic N) is 4. The summed E-state index contributed by atoms with van der Waals surface area (Å²) in [5.74, 6) is -0.278. The van der Waals surface area contributed by atoms with Crippen LogP contribution in [0.1, 0.15) is 25.8 Å². The van der Waals surface area contributed by atoms with Crippen LogP contribution in [0.3, 0.4) is 0 Å². The first-order valence-corrected chi connectivity index (χ1v) is 5.72. The van der Waals surface area contributed by atoms with Crippen molar-refractivity contribution in [1.82, 2.24) is 19.8 Å². The van der Waals surface area contributed by atoms with E-state index in [4.69, 9.17) is 4.74 Å². The van der Waals surface area contributed by atoms with Crippen molar-refractivity contribution in [3.63, 3.8) is 0 Å². The molecule has 0 fully saturated rings. The Morgan fingerprint density at radius 3 is 3.00 bits per heavy atom. The molecule has 2 rings (SSSR count). The smallest absolute Gasteiger partial charge is 0.318 e. The monoisotopic (exact) mass is 240 g/mol. The summed E-state index contributed by atoms with van der Waals surface area (Å²) in [6.45, 7) is 5.73. The molecule has 0 saturated heterocycles. The highest BCUT2D eigenvalue weighted by atomic mass is 32.1. The summed E-state index contributed by atoms with van der Waals surface area (Å²) in [5.41, 5.74) is -0.749. The Hall–Kier alpha value is -1.50. The van der Waals surface area contributed by atoms with Gasteiger partial charge in [-0.05, 0) is 20.8 Å². The number of esters is 1. The highest BCUT2D eigenvalue weighted by molar-refractivity contribution is 7.16. The normalized spacial score (nSPS) is 11.9. The van der Waals surface area contributed by atoms with Gasteiger partial charge in [0.05, 0.1) is 6.61 Å². The van der Waals surface area contributed by atoms with Crippen molar-refractivity contribution in [2.75, 3.05) is 6.61 Å². The fourth-order valence-electron chi connectivity index (χ4n) is 1.21. The average molecular weight is 240 g/mol. The second kappa shape index (κ2) is 3.82. The summed E-state index contributed by atoms with van der Waals surface area (Å²) in [6, 6.07) is 0. The minimum absolute atomic E-state index is 0.278. The van der Waals surface area contributed by atoms with Crippen molar-refractivity contribution in [2.45, 2.75) is 26.2 Å². The maximum absolute atomic E-state index is 11.8. The molecule has 0 aliphatic rings. The summed E-state index contributed by atoms with van der Waals surface area (Å²) in [6.07, 6.45) is 1.51. The van der Waals surface area contributed by atoms with Crippen LogP contribution in [-0.2, 0) is 14.9 Å². The molecule has 86 valence electrons. The zero-order valence-corrected chi connectivity index (χ0v) is 10.1. The molecule has 0 amide bonds. The maximum Gasteiger partial charge on any atom is 0.318 e. The second-order valence-corrected chi connectivity index (χ2v) is 4.77. The number of hydrogen-bond donors (Lipinski definition) is 0. The van der Waals surface area contributed by atoms with Gasteiger partial charge < -0.3 is 4.74 Å². The van der Waals surface area contributed by atoms with Crippen LogP contribution in [0.2, 0.25) is 0 Å². The van der Waals surface area contributed by atoms with Crippen molar-refractivity contribution >= 4 is 22.3 Å². The van der Waals surface area contributed by atoms with Gasteiger partial charge in [-0.1, -0.05) is 11.3 Å². The van der Waals surface area contributed by atoms with Gasteiger partial charge in [0.2, 0.25) is 4.96 Å². The van der Waals surface area contributed by atoms with E-state index in [9.17, 15) is 4.79 Å². The van der Waals surface area contributed by atoms with Crippen molar-refractivity contribution in [3.8, 4) is 0 Å². The molecule has 0 unspecified atom stereocenters. The Morgan fingerprint density at radius 2 is 2.38 bits per heavy atom. The molecule has 2 aromatic heterocycles. The third kappa shape index (κ3) is 1.67. The number of aromatic nitrogens is 4. The van der Waals surface area contributed by atoms with E-state index in [0.717, 1.165) is 0 Å². The summed E-state index contributed by atoms with van der Waals surface area (Å²) >= 11 is 1.34. The molecule has 2 aromatic rings. The van der Waals surface area contributed by atoms with Gasteiger partial charge in [0.15, 0.2) is 0 Å². The van der Waals surface area contributed by atoms with E-state index in [-0.39, 0.29) is 5.97 Å². The third-order valence-electron chi connectivity index (χ3n) is 2.21. The molecule has 0 N–H and O–H groups in total. The first kappa shape index (κ1) is 11.0. The van der Waals surface area contributed by atoms with Crippen molar-refractivity contribution in [3.05, 3.63) is 11.3 Å². The molecule has 0 aliphatic heterocycles. The fourth-order valence-corrected chi connectivity index (χ4v) is 2.12. The fraction of sp³-hybridized carbons (Fsp3) is 0.556. The van der Waals surface area contributed by atoms with E-state index in [1.807, 2.05) is 0 Å². The molecule has 0 spiro atoms. The highest BCUT2D eigenvalue weighted by Gasteiger charge is 2.35. The predicted molar refractivity (Wildman–Crippen MR) is 58.3 cm³/mol. The number of hydrogen-bond acceptors (Lipinski definition) is 6. The number of ether oxygens (including phenoxy) is 1. The lowest BCUT2D eigenvalue weighted by atomic mass is 9.95. The highest BCUT2D eigenvalue weighted by Crippen LogP contribution is 2.28. The Balaban J connectivity index is 2.36. The average Bonchev–Trinajstić information content (AvgIpc) is 2.76. The molecule has 2 heterocycles. The van der Waals surface area contributed by atoms with E-state index in [1.54, 1.807) is 25.3 Å². The predicted octanol–water partition coefficient (Wildman–Crippen LogP) is 1.03. The standard InChI is InChI=1S/C9H12N4O2S/c1-4-15-7(14)9(2,3)6-12-13-5-10-11-8(13)16-6/h5H,4H2,1-3H3. The van der Waals surface area contributed by atoms with Crippen LogP contribution in [0.15, 0.2) is 6.33 Å². The van der Waals surface area contributed by atoms with Crippen LogP contribution in [0.25, 0.3) is 4.96 Å². The molecule has 7 heteroatoms. The lowest BCUT2D eigenvalue weighted by Crippen LogP contribution is -2.31. The van der Waals surface area contributed by atoms with Gasteiger partial charge >= 0.3 is 5.97 Å². The number of carbonyl (C=O) groups excluding carboxylic acids is 1. The van der Waals surface area contributed by atoms with Gasteiger partial charge in [0.25, 0.3) is 0 Å². The quantitative estimate of drug-likeness (QED) is 0.749. The van der Waals surface area contributed by atoms with Gasteiger partial charge in [-0.3, -0.25) is 4.79 Å². The second-order valence-electron chi connectivity index (χ2n) is 3.81. The lowest BCUT2D eigenvalue weighted by molar-refractivity contribution is -0.148. The SMILES string of the molecule is CCOC(=O)C(C)(C)c1nn2cnnc2s1. The van der Waals surface area contributed by atoms with Crippen molar-refractivity contribution in [1.29, 1.82) is 0 Å². The van der Waals surface area contributed by atoms with Crippen LogP contribution in [0.4, 0.5) is 0 Å². The zero-order valence-electron chi connectivity index (χ0n) is 9.30. The number of rotatable bonds is 3. The first-order valence-electron chi connectivity index (χ1n) is 4.90. The summed E-state index contributed by atoms with van der Waals surface area (Å²) in [5, 5.41) is 12.5. The largest absolute Gasteiger partial charge is 0.465 e. The van der Waals surface area contributed by atoms with Crippen molar-refractivity contribution < 1.29 is 9.53 Å². The van der Waals surface area contributed by atoms with Crippen LogP contribution < -0.4 is 0 Å². The zero-order chi connectivity index (χ0) is 11.8.